The fourth-order valence-corrected chi connectivity index (χ4v) is 4.78. The van der Waals surface area contributed by atoms with Gasteiger partial charge in [0, 0.05) is 10.9 Å². The lowest BCUT2D eigenvalue weighted by Crippen LogP contribution is -2.09. The average Bonchev–Trinajstić information content (AvgIpc) is 3.18. The third-order valence-corrected chi connectivity index (χ3v) is 6.08. The fourth-order valence-electron chi connectivity index (χ4n) is 4.78. The van der Waals surface area contributed by atoms with Crippen LogP contribution in [0, 0.1) is 5.41 Å². The van der Waals surface area contributed by atoms with Crippen LogP contribution in [0.25, 0.3) is 54.9 Å². The molecule has 2 heterocycles. The zero-order valence-electron chi connectivity index (χ0n) is 18.5. The Hall–Kier alpha value is -3.72. The van der Waals surface area contributed by atoms with Crippen LogP contribution in [-0.4, -0.2) is 9.97 Å². The Morgan fingerprint density at radius 3 is 2.31 bits per heavy atom. The molecule has 0 radical (unpaired) electrons. The van der Waals surface area contributed by atoms with Crippen LogP contribution in [0.4, 0.5) is 0 Å². The monoisotopic (exact) mass is 416 g/mol. The standard InChI is InChI=1S/C29H24N2O/c1-29(2,3)16-22-15-20-10-6-7-11-23(20)24-25-26(30-17-31-28(25)32-27(22)24)21-13-12-18-8-4-5-9-19(18)14-21/h4-15,17H,16H2,1-3H3. The highest BCUT2D eigenvalue weighted by atomic mass is 16.3. The average molecular weight is 417 g/mol. The maximum atomic E-state index is 6.44. The lowest BCUT2D eigenvalue weighted by molar-refractivity contribution is 0.410. The van der Waals surface area contributed by atoms with Gasteiger partial charge in [-0.05, 0) is 51.1 Å². The van der Waals surface area contributed by atoms with Crippen molar-refractivity contribution in [3.8, 4) is 11.3 Å². The van der Waals surface area contributed by atoms with Crippen molar-refractivity contribution in [1.29, 1.82) is 0 Å². The summed E-state index contributed by atoms with van der Waals surface area (Å²) in [5, 5.41) is 6.91. The van der Waals surface area contributed by atoms with E-state index in [0.29, 0.717) is 5.71 Å². The summed E-state index contributed by atoms with van der Waals surface area (Å²) < 4.78 is 6.44. The molecule has 0 bridgehead atoms. The molecule has 3 heteroatoms. The van der Waals surface area contributed by atoms with Crippen molar-refractivity contribution in [1.82, 2.24) is 9.97 Å². The van der Waals surface area contributed by atoms with Crippen LogP contribution < -0.4 is 0 Å². The van der Waals surface area contributed by atoms with Gasteiger partial charge in [0.05, 0.1) is 11.1 Å². The molecule has 0 aliphatic rings. The number of aromatic nitrogens is 2. The van der Waals surface area contributed by atoms with Crippen molar-refractivity contribution in [2.75, 3.05) is 0 Å². The van der Waals surface area contributed by atoms with Crippen LogP contribution in [0.1, 0.15) is 26.3 Å². The second kappa shape index (κ2) is 6.89. The first kappa shape index (κ1) is 19.0. The number of fused-ring (bicyclic) bond motifs is 6. The molecule has 0 spiro atoms. The number of benzene rings is 4. The predicted octanol–water partition coefficient (Wildman–Crippen LogP) is 7.94. The summed E-state index contributed by atoms with van der Waals surface area (Å²) >= 11 is 0. The quantitative estimate of drug-likeness (QED) is 0.287. The maximum absolute atomic E-state index is 6.44. The van der Waals surface area contributed by atoms with E-state index in [4.69, 9.17) is 9.40 Å². The summed E-state index contributed by atoms with van der Waals surface area (Å²) in [6, 6.07) is 25.7. The predicted molar refractivity (Wildman–Crippen MR) is 133 cm³/mol. The molecule has 0 amide bonds. The van der Waals surface area contributed by atoms with Gasteiger partial charge in [-0.3, -0.25) is 0 Å². The summed E-state index contributed by atoms with van der Waals surface area (Å²) in [4.78, 5) is 9.28. The van der Waals surface area contributed by atoms with Gasteiger partial charge in [-0.25, -0.2) is 9.97 Å². The number of nitrogens with zero attached hydrogens (tertiary/aromatic N) is 2. The first-order valence-electron chi connectivity index (χ1n) is 11.0. The lowest BCUT2D eigenvalue weighted by Gasteiger charge is -2.18. The molecule has 156 valence electrons. The van der Waals surface area contributed by atoms with E-state index in [2.05, 4.69) is 98.6 Å². The van der Waals surface area contributed by atoms with E-state index in [-0.39, 0.29) is 5.41 Å². The van der Waals surface area contributed by atoms with E-state index in [9.17, 15) is 0 Å². The third-order valence-electron chi connectivity index (χ3n) is 6.08. The van der Waals surface area contributed by atoms with Crippen molar-refractivity contribution in [3.63, 3.8) is 0 Å². The van der Waals surface area contributed by atoms with Crippen LogP contribution in [0.3, 0.4) is 0 Å². The minimum atomic E-state index is 0.140. The summed E-state index contributed by atoms with van der Waals surface area (Å²) in [6.07, 6.45) is 2.54. The Labute approximate surface area is 186 Å². The number of hydrogen-bond donors (Lipinski definition) is 0. The highest BCUT2D eigenvalue weighted by molar-refractivity contribution is 6.22. The number of furan rings is 1. The Kier molecular flexibility index (Phi) is 4.09. The van der Waals surface area contributed by atoms with Crippen molar-refractivity contribution in [2.45, 2.75) is 27.2 Å². The lowest BCUT2D eigenvalue weighted by atomic mass is 9.86. The van der Waals surface area contributed by atoms with E-state index < -0.39 is 0 Å². The SMILES string of the molecule is CC(C)(C)Cc1cc2ccccc2c2c1oc1ncnc(-c3ccc4ccccc4c3)c12. The molecule has 0 saturated heterocycles. The zero-order chi connectivity index (χ0) is 21.9. The van der Waals surface area contributed by atoms with Gasteiger partial charge >= 0.3 is 0 Å². The van der Waals surface area contributed by atoms with E-state index in [0.717, 1.165) is 34.0 Å². The van der Waals surface area contributed by atoms with Gasteiger partial charge < -0.3 is 4.42 Å². The molecule has 0 aliphatic heterocycles. The van der Waals surface area contributed by atoms with E-state index in [1.807, 2.05) is 0 Å². The topological polar surface area (TPSA) is 38.9 Å². The van der Waals surface area contributed by atoms with Gasteiger partial charge in [-0.1, -0.05) is 81.4 Å². The molecule has 32 heavy (non-hydrogen) atoms. The zero-order valence-corrected chi connectivity index (χ0v) is 18.5. The third kappa shape index (κ3) is 3.04. The fraction of sp³-hybridized carbons (Fsp3) is 0.172. The highest BCUT2D eigenvalue weighted by Crippen LogP contribution is 2.41. The molecule has 0 saturated carbocycles. The summed E-state index contributed by atoms with van der Waals surface area (Å²) in [7, 11) is 0. The molecular formula is C29H24N2O. The smallest absolute Gasteiger partial charge is 0.231 e. The molecule has 3 nitrogen and oxygen atoms in total. The summed E-state index contributed by atoms with van der Waals surface area (Å²) in [5.74, 6) is 0. The van der Waals surface area contributed by atoms with Crippen molar-refractivity contribution in [3.05, 3.63) is 84.7 Å². The van der Waals surface area contributed by atoms with E-state index in [1.54, 1.807) is 6.33 Å². The van der Waals surface area contributed by atoms with Gasteiger partial charge in [0.2, 0.25) is 5.71 Å². The van der Waals surface area contributed by atoms with Gasteiger partial charge in [-0.15, -0.1) is 0 Å². The van der Waals surface area contributed by atoms with Gasteiger partial charge in [0.1, 0.15) is 11.9 Å². The van der Waals surface area contributed by atoms with Crippen LogP contribution in [0.2, 0.25) is 0 Å². The summed E-state index contributed by atoms with van der Waals surface area (Å²) in [6.45, 7) is 6.78. The van der Waals surface area contributed by atoms with Crippen molar-refractivity contribution < 1.29 is 4.42 Å². The van der Waals surface area contributed by atoms with E-state index >= 15 is 0 Å². The largest absolute Gasteiger partial charge is 0.437 e. The molecule has 6 aromatic rings. The minimum absolute atomic E-state index is 0.140. The Bertz CT molecular complexity index is 1640. The minimum Gasteiger partial charge on any atom is -0.437 e. The molecular weight excluding hydrogens is 392 g/mol. The molecule has 0 aliphatic carbocycles. The van der Waals surface area contributed by atoms with Crippen molar-refractivity contribution in [2.24, 2.45) is 5.41 Å². The number of hydrogen-bond acceptors (Lipinski definition) is 3. The van der Waals surface area contributed by atoms with Crippen LogP contribution in [0.15, 0.2) is 83.5 Å². The molecule has 0 atom stereocenters. The molecule has 0 N–H and O–H groups in total. The van der Waals surface area contributed by atoms with E-state index in [1.165, 1.54) is 27.1 Å². The first-order valence-corrected chi connectivity index (χ1v) is 11.0. The molecule has 0 fully saturated rings. The maximum Gasteiger partial charge on any atom is 0.231 e. The van der Waals surface area contributed by atoms with Crippen LogP contribution >= 0.6 is 0 Å². The molecule has 6 rings (SSSR count). The number of rotatable bonds is 2. The van der Waals surface area contributed by atoms with Gasteiger partial charge in [0.15, 0.2) is 0 Å². The summed E-state index contributed by atoms with van der Waals surface area (Å²) in [5.41, 5.74) is 4.91. The molecule has 2 aromatic heterocycles. The van der Waals surface area contributed by atoms with Gasteiger partial charge in [-0.2, -0.15) is 0 Å². The Morgan fingerprint density at radius 1 is 0.750 bits per heavy atom. The first-order chi connectivity index (χ1) is 15.5. The van der Waals surface area contributed by atoms with Crippen LogP contribution in [-0.2, 0) is 6.42 Å². The van der Waals surface area contributed by atoms with Crippen molar-refractivity contribution >= 4 is 43.6 Å². The Morgan fingerprint density at radius 2 is 1.50 bits per heavy atom. The van der Waals surface area contributed by atoms with Crippen LogP contribution in [0.5, 0.6) is 0 Å². The molecule has 4 aromatic carbocycles. The second-order valence-electron chi connectivity index (χ2n) is 9.76. The van der Waals surface area contributed by atoms with Gasteiger partial charge in [0.25, 0.3) is 0 Å². The normalized spacial score (nSPS) is 12.3. The second-order valence-corrected chi connectivity index (χ2v) is 9.76. The molecule has 0 unspecified atom stereocenters. The Balaban J connectivity index is 1.74. The highest BCUT2D eigenvalue weighted by Gasteiger charge is 2.22.